The Morgan fingerprint density at radius 2 is 1.88 bits per heavy atom. The molecule has 2 amide bonds. The first-order chi connectivity index (χ1) is 11.5. The Labute approximate surface area is 145 Å². The van der Waals surface area contributed by atoms with Crippen molar-refractivity contribution in [1.29, 1.82) is 0 Å². The number of carbonyl (C=O) groups excluding carboxylic acids is 1. The topological polar surface area (TPSA) is 64.6 Å². The molecule has 1 aliphatic heterocycles. The van der Waals surface area contributed by atoms with Gasteiger partial charge in [-0.05, 0) is 44.3 Å². The third-order valence-electron chi connectivity index (χ3n) is 4.62. The van der Waals surface area contributed by atoms with Gasteiger partial charge in [0.1, 0.15) is 5.60 Å². The quantitative estimate of drug-likeness (QED) is 0.717. The van der Waals surface area contributed by atoms with Gasteiger partial charge in [0.2, 0.25) is 0 Å². The average molecular weight is 333 g/mol. The molecule has 1 aromatic carbocycles. The van der Waals surface area contributed by atoms with Crippen LogP contribution >= 0.6 is 0 Å². The summed E-state index contributed by atoms with van der Waals surface area (Å²) < 4.78 is 0. The van der Waals surface area contributed by atoms with E-state index in [9.17, 15) is 9.90 Å². The second kappa shape index (κ2) is 9.04. The SMILES string of the molecule is CC(CNC(=O)NCC(C)(O)c1ccccc1)CN1CCCCC1. The summed E-state index contributed by atoms with van der Waals surface area (Å²) in [7, 11) is 0. The molecule has 1 fully saturated rings. The van der Waals surface area contributed by atoms with Crippen molar-refractivity contribution in [3.63, 3.8) is 0 Å². The van der Waals surface area contributed by atoms with Crippen LogP contribution in [0.4, 0.5) is 4.79 Å². The summed E-state index contributed by atoms with van der Waals surface area (Å²) in [5, 5.41) is 16.2. The molecule has 0 aliphatic carbocycles. The zero-order valence-electron chi connectivity index (χ0n) is 14.9. The highest BCUT2D eigenvalue weighted by atomic mass is 16.3. The van der Waals surface area contributed by atoms with Gasteiger partial charge in [-0.3, -0.25) is 0 Å². The van der Waals surface area contributed by atoms with Crippen molar-refractivity contribution in [1.82, 2.24) is 15.5 Å². The number of piperidine rings is 1. The first kappa shape index (κ1) is 18.7. The smallest absolute Gasteiger partial charge is 0.314 e. The second-order valence-corrected chi connectivity index (χ2v) is 7.17. The van der Waals surface area contributed by atoms with E-state index in [0.717, 1.165) is 12.1 Å². The molecule has 2 atom stereocenters. The van der Waals surface area contributed by atoms with Gasteiger partial charge in [0.15, 0.2) is 0 Å². The average Bonchev–Trinajstić information content (AvgIpc) is 2.60. The summed E-state index contributed by atoms with van der Waals surface area (Å²) in [6, 6.07) is 9.17. The Hall–Kier alpha value is -1.59. The molecule has 0 saturated carbocycles. The lowest BCUT2D eigenvalue weighted by Crippen LogP contribution is -2.45. The summed E-state index contributed by atoms with van der Waals surface area (Å²) in [4.78, 5) is 14.5. The summed E-state index contributed by atoms with van der Waals surface area (Å²) in [6.45, 7) is 8.09. The minimum atomic E-state index is -1.07. The van der Waals surface area contributed by atoms with Gasteiger partial charge in [-0.15, -0.1) is 0 Å². The fourth-order valence-corrected chi connectivity index (χ4v) is 3.13. The van der Waals surface area contributed by atoms with Crippen LogP contribution < -0.4 is 10.6 Å². The molecular weight excluding hydrogens is 302 g/mol. The maximum atomic E-state index is 12.0. The number of nitrogens with zero attached hydrogens (tertiary/aromatic N) is 1. The van der Waals surface area contributed by atoms with Gasteiger partial charge in [0.25, 0.3) is 0 Å². The molecule has 134 valence electrons. The monoisotopic (exact) mass is 333 g/mol. The van der Waals surface area contributed by atoms with Gasteiger partial charge in [-0.25, -0.2) is 4.79 Å². The number of likely N-dealkylation sites (tertiary alicyclic amines) is 1. The van der Waals surface area contributed by atoms with E-state index in [1.807, 2.05) is 30.3 Å². The van der Waals surface area contributed by atoms with Gasteiger partial charge >= 0.3 is 6.03 Å². The van der Waals surface area contributed by atoms with Crippen LogP contribution in [0, 0.1) is 5.92 Å². The Kier molecular flexibility index (Phi) is 7.06. The molecule has 0 aromatic heterocycles. The van der Waals surface area contributed by atoms with E-state index in [-0.39, 0.29) is 12.6 Å². The van der Waals surface area contributed by atoms with Gasteiger partial charge in [0.05, 0.1) is 6.54 Å². The minimum Gasteiger partial charge on any atom is -0.384 e. The predicted octanol–water partition coefficient (Wildman–Crippen LogP) is 2.32. The summed E-state index contributed by atoms with van der Waals surface area (Å²) >= 11 is 0. The van der Waals surface area contributed by atoms with Crippen LogP contribution in [-0.4, -0.2) is 48.8 Å². The van der Waals surface area contributed by atoms with Crippen LogP contribution in [0.15, 0.2) is 30.3 Å². The van der Waals surface area contributed by atoms with Crippen molar-refractivity contribution in [3.8, 4) is 0 Å². The lowest BCUT2D eigenvalue weighted by Gasteiger charge is -2.29. The highest BCUT2D eigenvalue weighted by Crippen LogP contribution is 2.18. The highest BCUT2D eigenvalue weighted by molar-refractivity contribution is 5.73. The summed E-state index contributed by atoms with van der Waals surface area (Å²) in [6.07, 6.45) is 3.91. The molecule has 1 heterocycles. The maximum absolute atomic E-state index is 12.0. The van der Waals surface area contributed by atoms with Crippen LogP contribution in [-0.2, 0) is 5.60 Å². The molecule has 24 heavy (non-hydrogen) atoms. The number of carbonyl (C=O) groups is 1. The summed E-state index contributed by atoms with van der Waals surface area (Å²) in [5.41, 5.74) is -0.276. The van der Waals surface area contributed by atoms with Gasteiger partial charge in [-0.1, -0.05) is 43.7 Å². The predicted molar refractivity (Wildman–Crippen MR) is 96.9 cm³/mol. The molecule has 5 nitrogen and oxygen atoms in total. The molecule has 5 heteroatoms. The fourth-order valence-electron chi connectivity index (χ4n) is 3.13. The van der Waals surface area contributed by atoms with Crippen molar-refractivity contribution in [2.45, 2.75) is 38.7 Å². The number of urea groups is 1. The molecule has 0 spiro atoms. The lowest BCUT2D eigenvalue weighted by molar-refractivity contribution is 0.0593. The fraction of sp³-hybridized carbons (Fsp3) is 0.632. The molecule has 2 unspecified atom stereocenters. The zero-order valence-corrected chi connectivity index (χ0v) is 14.9. The van der Waals surface area contributed by atoms with Crippen LogP contribution in [0.5, 0.6) is 0 Å². The summed E-state index contributed by atoms with van der Waals surface area (Å²) in [5.74, 6) is 0.420. The Bertz CT molecular complexity index is 499. The number of aliphatic hydroxyl groups is 1. The number of amides is 2. The largest absolute Gasteiger partial charge is 0.384 e. The van der Waals surface area contributed by atoms with Gasteiger partial charge in [0, 0.05) is 13.1 Å². The minimum absolute atomic E-state index is 0.184. The van der Waals surface area contributed by atoms with Gasteiger partial charge in [-0.2, -0.15) is 0 Å². The molecule has 1 aromatic rings. The van der Waals surface area contributed by atoms with Crippen molar-refractivity contribution in [2.75, 3.05) is 32.7 Å². The number of rotatable bonds is 7. The van der Waals surface area contributed by atoms with Gasteiger partial charge < -0.3 is 20.6 Å². The molecule has 0 radical (unpaired) electrons. The zero-order chi connectivity index (χ0) is 17.4. The van der Waals surface area contributed by atoms with Crippen LogP contribution in [0.3, 0.4) is 0 Å². The second-order valence-electron chi connectivity index (χ2n) is 7.17. The first-order valence-corrected chi connectivity index (χ1v) is 8.99. The van der Waals surface area contributed by atoms with Crippen molar-refractivity contribution < 1.29 is 9.90 Å². The number of hydrogen-bond donors (Lipinski definition) is 3. The normalized spacial score (nSPS) is 19.3. The standard InChI is InChI=1S/C19H31N3O2/c1-16(14-22-11-7-4-8-12-22)13-20-18(23)21-15-19(2,24)17-9-5-3-6-10-17/h3,5-6,9-10,16,24H,4,7-8,11-15H2,1-2H3,(H2,20,21,23). The van der Waals surface area contributed by atoms with Crippen molar-refractivity contribution >= 4 is 6.03 Å². The third-order valence-corrected chi connectivity index (χ3v) is 4.62. The number of hydrogen-bond acceptors (Lipinski definition) is 3. The molecule has 0 bridgehead atoms. The van der Waals surface area contributed by atoms with Crippen molar-refractivity contribution in [2.24, 2.45) is 5.92 Å². The van der Waals surface area contributed by atoms with E-state index in [2.05, 4.69) is 22.5 Å². The lowest BCUT2D eigenvalue weighted by atomic mass is 9.96. The van der Waals surface area contributed by atoms with E-state index < -0.39 is 5.60 Å². The molecule has 1 aliphatic rings. The van der Waals surface area contributed by atoms with E-state index in [1.54, 1.807) is 6.92 Å². The van der Waals surface area contributed by atoms with E-state index in [4.69, 9.17) is 0 Å². The Morgan fingerprint density at radius 1 is 1.21 bits per heavy atom. The first-order valence-electron chi connectivity index (χ1n) is 8.99. The molecule has 2 rings (SSSR count). The molecule has 3 N–H and O–H groups in total. The number of benzene rings is 1. The van der Waals surface area contributed by atoms with Crippen LogP contribution in [0.1, 0.15) is 38.7 Å². The Balaban J connectivity index is 1.67. The molecule has 1 saturated heterocycles. The van der Waals surface area contributed by atoms with Crippen molar-refractivity contribution in [3.05, 3.63) is 35.9 Å². The van der Waals surface area contributed by atoms with Crippen LogP contribution in [0.2, 0.25) is 0 Å². The third kappa shape index (κ3) is 6.13. The Morgan fingerprint density at radius 3 is 2.54 bits per heavy atom. The highest BCUT2D eigenvalue weighted by Gasteiger charge is 2.23. The van der Waals surface area contributed by atoms with Crippen LogP contribution in [0.25, 0.3) is 0 Å². The maximum Gasteiger partial charge on any atom is 0.314 e. The van der Waals surface area contributed by atoms with E-state index >= 15 is 0 Å². The van der Waals surface area contributed by atoms with E-state index in [0.29, 0.717) is 12.5 Å². The molecular formula is C19H31N3O2. The van der Waals surface area contributed by atoms with E-state index in [1.165, 1.54) is 32.4 Å². The number of nitrogens with one attached hydrogen (secondary N) is 2.